The van der Waals surface area contributed by atoms with Crippen LogP contribution in [-0.4, -0.2) is 121 Å². The number of amides is 2. The van der Waals surface area contributed by atoms with Crippen LogP contribution in [0.3, 0.4) is 0 Å². The topological polar surface area (TPSA) is 156 Å². The molecule has 60 heavy (non-hydrogen) atoms. The fourth-order valence-electron chi connectivity index (χ4n) is 9.02. The largest absolute Gasteiger partial charge is 0.457 e. The van der Waals surface area contributed by atoms with Gasteiger partial charge < -0.3 is 40.6 Å². The minimum atomic E-state index is -0.193. The molecule has 4 heterocycles. The Bertz CT molecular complexity index is 1970. The Labute approximate surface area is 355 Å². The summed E-state index contributed by atoms with van der Waals surface area (Å²) < 4.78 is 5.94. The number of anilines is 3. The normalized spacial score (nSPS) is 17.6. The van der Waals surface area contributed by atoms with Crippen molar-refractivity contribution in [3.8, 4) is 11.5 Å². The van der Waals surface area contributed by atoms with Gasteiger partial charge in [-0.3, -0.25) is 10.3 Å². The van der Waals surface area contributed by atoms with Crippen LogP contribution in [0.4, 0.5) is 22.1 Å². The highest BCUT2D eigenvalue weighted by atomic mass is 16.5. The quantitative estimate of drug-likeness (QED) is 0.0657. The molecule has 318 valence electrons. The zero-order chi connectivity index (χ0) is 41.7. The second-order valence-corrected chi connectivity index (χ2v) is 16.5. The van der Waals surface area contributed by atoms with Crippen LogP contribution in [0, 0.1) is 11.3 Å². The van der Waals surface area contributed by atoms with Crippen molar-refractivity contribution >= 4 is 35.4 Å². The number of hydrogen-bond donors (Lipinski definition) is 4. The van der Waals surface area contributed by atoms with Crippen LogP contribution in [0.1, 0.15) is 74.0 Å². The molecule has 3 fully saturated rings. The number of para-hydroxylation sites is 1. The Balaban J connectivity index is 0.779. The molecule has 1 aromatic heterocycles. The van der Waals surface area contributed by atoms with Crippen LogP contribution >= 0.6 is 0 Å². The summed E-state index contributed by atoms with van der Waals surface area (Å²) in [5.74, 6) is 3.70. The first kappa shape index (κ1) is 42.7. The zero-order valence-corrected chi connectivity index (χ0v) is 35.1. The van der Waals surface area contributed by atoms with Gasteiger partial charge in [0.25, 0.3) is 0 Å². The molecule has 0 aliphatic carbocycles. The second kappa shape index (κ2) is 21.2. The van der Waals surface area contributed by atoms with Crippen molar-refractivity contribution in [2.45, 2.75) is 63.3 Å². The molecule has 7 rings (SSSR count). The molecule has 0 radical (unpaired) electrons. The highest BCUT2D eigenvalue weighted by Crippen LogP contribution is 2.31. The van der Waals surface area contributed by atoms with E-state index in [0.717, 1.165) is 81.3 Å². The SMILES string of the molecule is CNC(=O)N(CCC=O)c1ccc(C2CCN(CC3CCN(CCCN4CCC(Nc5ncnc(N)c5C(=N)c5ccc(Oc6ccccc6)cc5)CC4)CC3)CC2)cc1. The first-order chi connectivity index (χ1) is 29.4. The van der Waals surface area contributed by atoms with Gasteiger partial charge in [0, 0.05) is 56.9 Å². The molecular formula is C47H62N10O3. The summed E-state index contributed by atoms with van der Waals surface area (Å²) in [6.45, 7) is 10.6. The van der Waals surface area contributed by atoms with Crippen LogP contribution in [0.25, 0.3) is 0 Å². The average Bonchev–Trinajstić information content (AvgIpc) is 3.28. The Morgan fingerprint density at radius 1 is 0.833 bits per heavy atom. The lowest BCUT2D eigenvalue weighted by molar-refractivity contribution is -0.107. The van der Waals surface area contributed by atoms with Crippen LogP contribution < -0.4 is 26.0 Å². The molecule has 3 aromatic carbocycles. The van der Waals surface area contributed by atoms with Crippen LogP contribution in [0.5, 0.6) is 11.5 Å². The van der Waals surface area contributed by atoms with E-state index in [1.165, 1.54) is 63.6 Å². The maximum absolute atomic E-state index is 12.3. The second-order valence-electron chi connectivity index (χ2n) is 16.5. The van der Waals surface area contributed by atoms with E-state index in [1.807, 2.05) is 66.7 Å². The number of aldehydes is 1. The molecule has 3 saturated heterocycles. The van der Waals surface area contributed by atoms with E-state index in [0.29, 0.717) is 41.8 Å². The molecular weight excluding hydrogens is 753 g/mol. The molecule has 3 aliphatic heterocycles. The third kappa shape index (κ3) is 11.5. The van der Waals surface area contributed by atoms with Crippen LogP contribution in [0.2, 0.25) is 0 Å². The highest BCUT2D eigenvalue weighted by molar-refractivity contribution is 6.16. The fourth-order valence-corrected chi connectivity index (χ4v) is 9.02. The number of ether oxygens (including phenoxy) is 1. The molecule has 0 spiro atoms. The lowest BCUT2D eigenvalue weighted by Gasteiger charge is -2.38. The number of rotatable bonds is 17. The molecule has 0 bridgehead atoms. The van der Waals surface area contributed by atoms with Crippen LogP contribution in [-0.2, 0) is 4.79 Å². The van der Waals surface area contributed by atoms with E-state index in [2.05, 4.69) is 47.4 Å². The maximum Gasteiger partial charge on any atom is 0.321 e. The van der Waals surface area contributed by atoms with E-state index >= 15 is 0 Å². The van der Waals surface area contributed by atoms with Gasteiger partial charge in [0.05, 0.1) is 11.3 Å². The lowest BCUT2D eigenvalue weighted by Crippen LogP contribution is -2.43. The number of nitrogens with two attached hydrogens (primary N) is 1. The predicted octanol–water partition coefficient (Wildman–Crippen LogP) is 6.86. The summed E-state index contributed by atoms with van der Waals surface area (Å²) in [4.78, 5) is 41.6. The van der Waals surface area contributed by atoms with Crippen LogP contribution in [0.15, 0.2) is 85.2 Å². The first-order valence-corrected chi connectivity index (χ1v) is 21.9. The summed E-state index contributed by atoms with van der Waals surface area (Å²) in [6.07, 6.45) is 10.8. The monoisotopic (exact) mass is 815 g/mol. The Morgan fingerprint density at radius 3 is 2.12 bits per heavy atom. The van der Waals surface area contributed by atoms with Gasteiger partial charge in [0.1, 0.15) is 35.7 Å². The van der Waals surface area contributed by atoms with E-state index in [4.69, 9.17) is 15.9 Å². The number of hydrogen-bond acceptors (Lipinski definition) is 11. The summed E-state index contributed by atoms with van der Waals surface area (Å²) in [5, 5.41) is 15.3. The number of benzene rings is 3. The number of nitrogens with zero attached hydrogens (tertiary/aromatic N) is 6. The Morgan fingerprint density at radius 2 is 1.47 bits per heavy atom. The van der Waals surface area contributed by atoms with Gasteiger partial charge in [-0.2, -0.15) is 0 Å². The molecule has 2 amide bonds. The zero-order valence-electron chi connectivity index (χ0n) is 35.1. The third-order valence-electron chi connectivity index (χ3n) is 12.5. The van der Waals surface area contributed by atoms with E-state index in [9.17, 15) is 9.59 Å². The van der Waals surface area contributed by atoms with Crippen molar-refractivity contribution in [2.24, 2.45) is 5.92 Å². The number of nitrogens with one attached hydrogen (secondary N) is 3. The van der Waals surface area contributed by atoms with E-state index in [1.54, 1.807) is 11.9 Å². The van der Waals surface area contributed by atoms with E-state index in [-0.39, 0.29) is 17.8 Å². The molecule has 4 aromatic rings. The number of carbonyl (C=O) groups excluding carboxylic acids is 2. The minimum absolute atomic E-state index is 0.193. The van der Waals surface area contributed by atoms with E-state index < -0.39 is 0 Å². The summed E-state index contributed by atoms with van der Waals surface area (Å²) >= 11 is 0. The van der Waals surface area contributed by atoms with Gasteiger partial charge in [0.2, 0.25) is 0 Å². The summed E-state index contributed by atoms with van der Waals surface area (Å²) in [7, 11) is 1.62. The van der Waals surface area contributed by atoms with Gasteiger partial charge in [-0.25, -0.2) is 14.8 Å². The standard InChI is InChI=1S/C47H62N10O3/c1-50-47(59)57(25-6-32-58)40-13-9-36(10-14-40)37-19-28-56(29-20-37)33-35-17-26-54(27-18-35)23-5-24-55-30-21-39(22-31-55)53-46-43(45(49)51-34-52-46)44(48)38-11-15-42(16-12-38)60-41-7-3-2-4-8-41/h2-4,7-16,32,34-35,37,39,48H,5-6,17-31,33H2,1H3,(H,50,59)(H3,49,51,52,53). The predicted molar refractivity (Wildman–Crippen MR) is 240 cm³/mol. The molecule has 13 nitrogen and oxygen atoms in total. The molecule has 5 N–H and O–H groups in total. The lowest BCUT2D eigenvalue weighted by atomic mass is 9.88. The number of urea groups is 1. The molecule has 3 aliphatic rings. The number of nitrogen functional groups attached to an aromatic ring is 1. The van der Waals surface area contributed by atoms with Gasteiger partial charge >= 0.3 is 6.03 Å². The first-order valence-electron chi connectivity index (χ1n) is 21.9. The van der Waals surface area contributed by atoms with Crippen molar-refractivity contribution in [3.63, 3.8) is 0 Å². The van der Waals surface area contributed by atoms with Gasteiger partial charge in [-0.1, -0.05) is 30.3 Å². The fraction of sp³-hybridized carbons (Fsp3) is 0.468. The van der Waals surface area contributed by atoms with Crippen molar-refractivity contribution < 1.29 is 14.3 Å². The highest BCUT2D eigenvalue weighted by Gasteiger charge is 2.27. The van der Waals surface area contributed by atoms with Gasteiger partial charge in [-0.05, 0) is 150 Å². The van der Waals surface area contributed by atoms with Gasteiger partial charge in [-0.15, -0.1) is 0 Å². The average molecular weight is 815 g/mol. The molecule has 0 unspecified atom stereocenters. The summed E-state index contributed by atoms with van der Waals surface area (Å²) in [5.41, 5.74) is 10.1. The number of likely N-dealkylation sites (tertiary alicyclic amines) is 3. The van der Waals surface area contributed by atoms with Crippen molar-refractivity contribution in [2.75, 3.05) is 88.4 Å². The molecule has 0 saturated carbocycles. The molecule has 13 heteroatoms. The Kier molecular flexibility index (Phi) is 15.1. The smallest absolute Gasteiger partial charge is 0.321 e. The van der Waals surface area contributed by atoms with Gasteiger partial charge in [0.15, 0.2) is 0 Å². The van der Waals surface area contributed by atoms with Crippen molar-refractivity contribution in [1.82, 2.24) is 30.0 Å². The minimum Gasteiger partial charge on any atom is -0.457 e. The Hall–Kier alpha value is -5.37. The van der Waals surface area contributed by atoms with Crippen molar-refractivity contribution in [3.05, 3.63) is 102 Å². The maximum atomic E-state index is 12.3. The molecule has 0 atom stereocenters. The summed E-state index contributed by atoms with van der Waals surface area (Å²) in [6, 6.07) is 25.6. The number of aromatic nitrogens is 2. The number of piperidine rings is 3. The van der Waals surface area contributed by atoms with Crippen molar-refractivity contribution in [1.29, 1.82) is 5.41 Å². The third-order valence-corrected chi connectivity index (χ3v) is 12.5. The number of carbonyl (C=O) groups is 2.